The van der Waals surface area contributed by atoms with E-state index in [2.05, 4.69) is 59.5 Å². The van der Waals surface area contributed by atoms with E-state index in [-0.39, 0.29) is 0 Å². The Morgan fingerprint density at radius 2 is 1.70 bits per heavy atom. The maximum atomic E-state index is 4.91. The fraction of sp³-hybridized carbons (Fsp3) is 0.208. The molecule has 5 nitrogen and oxygen atoms in total. The Morgan fingerprint density at radius 1 is 0.933 bits per heavy atom. The molecule has 4 heterocycles. The van der Waals surface area contributed by atoms with Gasteiger partial charge in [-0.1, -0.05) is 60.7 Å². The third kappa shape index (κ3) is 3.18. The lowest BCUT2D eigenvalue weighted by Crippen LogP contribution is -2.29. The van der Waals surface area contributed by atoms with Crippen LogP contribution < -0.4 is 0 Å². The molecule has 0 aliphatic carbocycles. The molecule has 0 radical (unpaired) electrons. The van der Waals surface area contributed by atoms with Gasteiger partial charge in [0.15, 0.2) is 11.5 Å². The van der Waals surface area contributed by atoms with Crippen molar-refractivity contribution >= 4 is 27.2 Å². The Hall–Kier alpha value is -3.09. The third-order valence-electron chi connectivity index (χ3n) is 5.75. The lowest BCUT2D eigenvalue weighted by Gasteiger charge is -2.26. The summed E-state index contributed by atoms with van der Waals surface area (Å²) in [5.74, 6) is 0.844. The van der Waals surface area contributed by atoms with Gasteiger partial charge in [0.25, 0.3) is 0 Å². The molecule has 0 atom stereocenters. The van der Waals surface area contributed by atoms with Crippen molar-refractivity contribution in [3.63, 3.8) is 0 Å². The minimum Gasteiger partial charge on any atom is -0.294 e. The molecule has 0 amide bonds. The molecule has 1 aliphatic rings. The first-order chi connectivity index (χ1) is 14.8. The van der Waals surface area contributed by atoms with Crippen LogP contribution in [0.1, 0.15) is 27.4 Å². The van der Waals surface area contributed by atoms with Crippen molar-refractivity contribution in [1.82, 2.24) is 24.5 Å². The van der Waals surface area contributed by atoms with Crippen LogP contribution in [-0.2, 0) is 25.9 Å². The number of thiophene rings is 1. The zero-order valence-electron chi connectivity index (χ0n) is 16.5. The van der Waals surface area contributed by atoms with Crippen molar-refractivity contribution in [1.29, 1.82) is 0 Å². The van der Waals surface area contributed by atoms with E-state index in [9.17, 15) is 0 Å². The molecule has 0 bridgehead atoms. The molecular weight excluding hydrogens is 390 g/mol. The van der Waals surface area contributed by atoms with Crippen molar-refractivity contribution in [3.05, 3.63) is 94.4 Å². The number of rotatable bonds is 4. The van der Waals surface area contributed by atoms with Crippen LogP contribution in [0.3, 0.4) is 0 Å². The van der Waals surface area contributed by atoms with Gasteiger partial charge < -0.3 is 0 Å². The first-order valence-electron chi connectivity index (χ1n) is 10.3. The van der Waals surface area contributed by atoms with Gasteiger partial charge in [0.2, 0.25) is 0 Å². The standard InChI is InChI=1S/C24H21N5S/c1-3-7-17(8-4-1)13-21-26-23-22-19-11-12-28(14-18-9-5-2-6-10-18)15-20(19)30-24(22)25-16-29(23)27-21/h1-10,16H,11-15H2. The topological polar surface area (TPSA) is 46.3 Å². The van der Waals surface area contributed by atoms with Gasteiger partial charge in [-0.3, -0.25) is 4.90 Å². The molecule has 30 heavy (non-hydrogen) atoms. The van der Waals surface area contributed by atoms with Crippen LogP contribution in [0.2, 0.25) is 0 Å². The second-order valence-corrected chi connectivity index (χ2v) is 8.92. The quantitative estimate of drug-likeness (QED) is 0.437. The molecular formula is C24H21N5S. The van der Waals surface area contributed by atoms with E-state index in [1.807, 2.05) is 28.2 Å². The summed E-state index contributed by atoms with van der Waals surface area (Å²) in [5.41, 5.74) is 4.95. The highest BCUT2D eigenvalue weighted by Gasteiger charge is 2.24. The van der Waals surface area contributed by atoms with Crippen LogP contribution in [0.25, 0.3) is 15.9 Å². The highest BCUT2D eigenvalue weighted by Crippen LogP contribution is 2.36. The van der Waals surface area contributed by atoms with Crippen LogP contribution in [0.5, 0.6) is 0 Å². The predicted molar refractivity (Wildman–Crippen MR) is 120 cm³/mol. The molecule has 0 spiro atoms. The number of benzene rings is 2. The smallest absolute Gasteiger partial charge is 0.167 e. The van der Waals surface area contributed by atoms with Crippen molar-refractivity contribution in [2.75, 3.05) is 6.54 Å². The fourth-order valence-corrected chi connectivity index (χ4v) is 5.54. The van der Waals surface area contributed by atoms with Gasteiger partial charge in [0.1, 0.15) is 11.2 Å². The molecule has 1 aliphatic heterocycles. The van der Waals surface area contributed by atoms with E-state index in [0.29, 0.717) is 0 Å². The summed E-state index contributed by atoms with van der Waals surface area (Å²) in [6.07, 6.45) is 3.58. The van der Waals surface area contributed by atoms with E-state index in [0.717, 1.165) is 48.8 Å². The maximum Gasteiger partial charge on any atom is 0.167 e. The number of hydrogen-bond acceptors (Lipinski definition) is 5. The molecule has 3 aromatic heterocycles. The summed E-state index contributed by atoms with van der Waals surface area (Å²) >= 11 is 1.81. The van der Waals surface area contributed by atoms with E-state index in [1.165, 1.54) is 27.0 Å². The third-order valence-corrected chi connectivity index (χ3v) is 6.88. The van der Waals surface area contributed by atoms with Crippen LogP contribution >= 0.6 is 11.3 Å². The molecule has 0 saturated heterocycles. The first kappa shape index (κ1) is 17.7. The average Bonchev–Trinajstić information content (AvgIpc) is 3.35. The Balaban J connectivity index is 1.34. The van der Waals surface area contributed by atoms with Crippen LogP contribution in [0.15, 0.2) is 67.0 Å². The summed E-state index contributed by atoms with van der Waals surface area (Å²) in [6.45, 7) is 3.02. The molecule has 5 aromatic rings. The molecule has 2 aromatic carbocycles. The molecule has 0 saturated carbocycles. The van der Waals surface area contributed by atoms with Crippen LogP contribution in [-0.4, -0.2) is 31.0 Å². The number of nitrogens with zero attached hydrogens (tertiary/aromatic N) is 5. The van der Waals surface area contributed by atoms with Gasteiger partial charge >= 0.3 is 0 Å². The lowest BCUT2D eigenvalue weighted by atomic mass is 10.0. The molecule has 6 heteroatoms. The molecule has 148 valence electrons. The minimum absolute atomic E-state index is 0.737. The van der Waals surface area contributed by atoms with Crippen molar-refractivity contribution in [2.24, 2.45) is 0 Å². The highest BCUT2D eigenvalue weighted by atomic mass is 32.1. The molecule has 0 unspecified atom stereocenters. The molecule has 0 N–H and O–H groups in total. The number of hydrogen-bond donors (Lipinski definition) is 0. The summed E-state index contributed by atoms with van der Waals surface area (Å²) in [7, 11) is 0. The van der Waals surface area contributed by atoms with Gasteiger partial charge in [-0.2, -0.15) is 0 Å². The van der Waals surface area contributed by atoms with Crippen LogP contribution in [0, 0.1) is 0 Å². The Kier molecular flexibility index (Phi) is 4.32. The van der Waals surface area contributed by atoms with Crippen molar-refractivity contribution < 1.29 is 0 Å². The summed E-state index contributed by atoms with van der Waals surface area (Å²) < 4.78 is 1.85. The summed E-state index contributed by atoms with van der Waals surface area (Å²) in [5, 5.41) is 5.89. The van der Waals surface area contributed by atoms with Gasteiger partial charge in [0, 0.05) is 30.9 Å². The van der Waals surface area contributed by atoms with Crippen LogP contribution in [0.4, 0.5) is 0 Å². The van der Waals surface area contributed by atoms with E-state index in [1.54, 1.807) is 0 Å². The zero-order chi connectivity index (χ0) is 19.9. The normalized spacial score (nSPS) is 14.4. The highest BCUT2D eigenvalue weighted by molar-refractivity contribution is 7.19. The Labute approximate surface area is 178 Å². The second-order valence-electron chi connectivity index (χ2n) is 7.83. The monoisotopic (exact) mass is 411 g/mol. The van der Waals surface area contributed by atoms with E-state index < -0.39 is 0 Å². The SMILES string of the molecule is c1ccc(Cc2nc3c4c5c(sc4ncn3n2)CN(Cc2ccccc2)CC5)cc1. The maximum absolute atomic E-state index is 4.91. The summed E-state index contributed by atoms with van der Waals surface area (Å²) in [4.78, 5) is 14.6. The molecule has 0 fully saturated rings. The second kappa shape index (κ2) is 7.31. The number of aromatic nitrogens is 4. The predicted octanol–water partition coefficient (Wildman–Crippen LogP) is 4.49. The van der Waals surface area contributed by atoms with Crippen molar-refractivity contribution in [2.45, 2.75) is 25.9 Å². The molecule has 6 rings (SSSR count). The Morgan fingerprint density at radius 3 is 2.50 bits per heavy atom. The largest absolute Gasteiger partial charge is 0.294 e. The summed E-state index contributed by atoms with van der Waals surface area (Å²) in [6, 6.07) is 21.1. The van der Waals surface area contributed by atoms with Gasteiger partial charge in [0.05, 0.1) is 5.39 Å². The van der Waals surface area contributed by atoms with Gasteiger partial charge in [-0.05, 0) is 23.1 Å². The first-order valence-corrected chi connectivity index (χ1v) is 11.1. The van der Waals surface area contributed by atoms with E-state index in [4.69, 9.17) is 15.1 Å². The van der Waals surface area contributed by atoms with Gasteiger partial charge in [-0.15, -0.1) is 16.4 Å². The minimum atomic E-state index is 0.737. The average molecular weight is 412 g/mol. The van der Waals surface area contributed by atoms with Crippen molar-refractivity contribution in [3.8, 4) is 0 Å². The van der Waals surface area contributed by atoms with Gasteiger partial charge in [-0.25, -0.2) is 14.5 Å². The van der Waals surface area contributed by atoms with E-state index >= 15 is 0 Å². The Bertz CT molecular complexity index is 1320. The zero-order valence-corrected chi connectivity index (χ0v) is 17.3. The lowest BCUT2D eigenvalue weighted by molar-refractivity contribution is 0.249. The fourth-order valence-electron chi connectivity index (χ4n) is 4.32. The number of fused-ring (bicyclic) bond motifs is 5.